The first kappa shape index (κ1) is 19.1. The summed E-state index contributed by atoms with van der Waals surface area (Å²) in [7, 11) is 1.68. The number of aryl methyl sites for hydroxylation is 1. The minimum atomic E-state index is -0.205. The van der Waals surface area contributed by atoms with Crippen molar-refractivity contribution in [1.29, 1.82) is 0 Å². The van der Waals surface area contributed by atoms with Crippen molar-refractivity contribution in [2.75, 3.05) is 20.2 Å². The molecule has 0 spiro atoms. The number of carbonyl (C=O) groups excluding carboxylic acids is 1. The van der Waals surface area contributed by atoms with E-state index in [1.54, 1.807) is 7.11 Å². The van der Waals surface area contributed by atoms with E-state index in [4.69, 9.17) is 4.74 Å². The first-order valence-electron chi connectivity index (χ1n) is 8.73. The molecule has 1 aromatic rings. The van der Waals surface area contributed by atoms with E-state index in [2.05, 4.69) is 23.6 Å². The maximum absolute atomic E-state index is 13.1. The number of benzene rings is 1. The van der Waals surface area contributed by atoms with Crippen LogP contribution in [0.2, 0.25) is 0 Å². The Labute approximate surface area is 151 Å². The smallest absolute Gasteiger partial charge is 0.228 e. The normalized spacial score (nSPS) is 26.9. The summed E-state index contributed by atoms with van der Waals surface area (Å²) in [6.07, 6.45) is 4.59. The van der Waals surface area contributed by atoms with Gasteiger partial charge < -0.3 is 15.4 Å². The zero-order valence-electron chi connectivity index (χ0n) is 14.9. The van der Waals surface area contributed by atoms with Gasteiger partial charge in [0.15, 0.2) is 0 Å². The van der Waals surface area contributed by atoms with E-state index < -0.39 is 0 Å². The molecule has 1 amide bonds. The molecule has 2 fully saturated rings. The second-order valence-electron chi connectivity index (χ2n) is 7.17. The monoisotopic (exact) mass is 352 g/mol. The Morgan fingerprint density at radius 3 is 2.96 bits per heavy atom. The molecule has 1 aromatic carbocycles. The van der Waals surface area contributed by atoms with Crippen LogP contribution in [-0.2, 0) is 4.79 Å². The van der Waals surface area contributed by atoms with Crippen LogP contribution in [-0.4, -0.2) is 26.1 Å². The van der Waals surface area contributed by atoms with E-state index >= 15 is 0 Å². The predicted octanol–water partition coefficient (Wildman–Crippen LogP) is 3.38. The molecule has 0 aromatic heterocycles. The highest BCUT2D eigenvalue weighted by Gasteiger charge is 2.50. The van der Waals surface area contributed by atoms with Gasteiger partial charge in [0.1, 0.15) is 5.75 Å². The van der Waals surface area contributed by atoms with E-state index in [1.165, 1.54) is 18.4 Å². The molecule has 24 heavy (non-hydrogen) atoms. The number of nitrogens with one attached hydrogen (secondary N) is 2. The van der Waals surface area contributed by atoms with Crippen LogP contribution in [0.5, 0.6) is 5.75 Å². The SMILES string of the molecule is COc1ccc(C)cc1C(C)NC(=O)[C@@]12CCCC[C@H]1CNC2.Cl. The summed E-state index contributed by atoms with van der Waals surface area (Å²) in [5.74, 6) is 1.54. The Kier molecular flexibility index (Phi) is 6.16. The maximum atomic E-state index is 13.1. The highest BCUT2D eigenvalue weighted by atomic mass is 35.5. The minimum Gasteiger partial charge on any atom is -0.496 e. The predicted molar refractivity (Wildman–Crippen MR) is 98.8 cm³/mol. The molecule has 0 radical (unpaired) electrons. The lowest BCUT2D eigenvalue weighted by molar-refractivity contribution is -0.134. The second kappa shape index (κ2) is 7.75. The standard InChI is InChI=1S/C19H28N2O2.ClH/c1-13-7-8-17(23-3)16(10-13)14(2)21-18(22)19-9-5-4-6-15(19)11-20-12-19;/h7-8,10,14-15,20H,4-6,9,11-12H2,1-3H3,(H,21,22);1H/t14?,15-,19+;/m0./s1. The molecule has 1 unspecified atom stereocenters. The van der Waals surface area contributed by atoms with E-state index in [1.807, 2.05) is 19.1 Å². The summed E-state index contributed by atoms with van der Waals surface area (Å²) in [6, 6.07) is 6.07. The van der Waals surface area contributed by atoms with Crippen LogP contribution in [0.15, 0.2) is 18.2 Å². The molecule has 5 heteroatoms. The van der Waals surface area contributed by atoms with Crippen LogP contribution >= 0.6 is 12.4 Å². The summed E-state index contributed by atoms with van der Waals surface area (Å²) in [6.45, 7) is 5.91. The van der Waals surface area contributed by atoms with Gasteiger partial charge in [0.2, 0.25) is 5.91 Å². The summed E-state index contributed by atoms with van der Waals surface area (Å²) < 4.78 is 5.47. The van der Waals surface area contributed by atoms with E-state index in [0.29, 0.717) is 5.92 Å². The molecule has 1 saturated heterocycles. The van der Waals surface area contributed by atoms with Crippen molar-refractivity contribution in [3.63, 3.8) is 0 Å². The van der Waals surface area contributed by atoms with Crippen LogP contribution in [0.1, 0.15) is 49.8 Å². The highest BCUT2D eigenvalue weighted by molar-refractivity contribution is 5.85. The topological polar surface area (TPSA) is 50.4 Å². The van der Waals surface area contributed by atoms with Gasteiger partial charge in [0.05, 0.1) is 18.6 Å². The highest BCUT2D eigenvalue weighted by Crippen LogP contribution is 2.44. The van der Waals surface area contributed by atoms with Gasteiger partial charge in [-0.05, 0) is 45.2 Å². The zero-order valence-corrected chi connectivity index (χ0v) is 15.7. The lowest BCUT2D eigenvalue weighted by atomic mass is 9.67. The van der Waals surface area contributed by atoms with E-state index in [0.717, 1.165) is 37.2 Å². The zero-order chi connectivity index (χ0) is 16.4. The number of methoxy groups -OCH3 is 1. The molecular formula is C19H29ClN2O2. The quantitative estimate of drug-likeness (QED) is 0.873. The maximum Gasteiger partial charge on any atom is 0.228 e. The third-order valence-electron chi connectivity index (χ3n) is 5.69. The van der Waals surface area contributed by atoms with Crippen molar-refractivity contribution < 1.29 is 9.53 Å². The molecule has 2 aliphatic rings. The Balaban J connectivity index is 0.00000208. The van der Waals surface area contributed by atoms with Crippen LogP contribution in [0.3, 0.4) is 0 Å². The Morgan fingerprint density at radius 2 is 2.21 bits per heavy atom. The van der Waals surface area contributed by atoms with Crippen LogP contribution in [0, 0.1) is 18.3 Å². The van der Waals surface area contributed by atoms with Crippen LogP contribution < -0.4 is 15.4 Å². The third kappa shape index (κ3) is 3.40. The molecule has 134 valence electrons. The molecular weight excluding hydrogens is 324 g/mol. The lowest BCUT2D eigenvalue weighted by Gasteiger charge is -2.38. The van der Waals surface area contributed by atoms with E-state index in [-0.39, 0.29) is 29.8 Å². The van der Waals surface area contributed by atoms with Gasteiger partial charge in [-0.15, -0.1) is 12.4 Å². The third-order valence-corrected chi connectivity index (χ3v) is 5.69. The second-order valence-corrected chi connectivity index (χ2v) is 7.17. The molecule has 1 heterocycles. The van der Waals surface area contributed by atoms with Gasteiger partial charge in [-0.1, -0.05) is 30.5 Å². The average Bonchev–Trinajstić information content (AvgIpc) is 3.00. The first-order valence-corrected chi connectivity index (χ1v) is 8.73. The molecule has 3 atom stereocenters. The first-order chi connectivity index (χ1) is 11.1. The Morgan fingerprint density at radius 1 is 1.42 bits per heavy atom. The fourth-order valence-corrected chi connectivity index (χ4v) is 4.30. The Hall–Kier alpha value is -1.26. The molecule has 1 aliphatic heterocycles. The van der Waals surface area contributed by atoms with E-state index in [9.17, 15) is 4.79 Å². The van der Waals surface area contributed by atoms with Crippen LogP contribution in [0.4, 0.5) is 0 Å². The fourth-order valence-electron chi connectivity index (χ4n) is 4.30. The molecule has 1 saturated carbocycles. The van der Waals surface area contributed by atoms with Crippen molar-refractivity contribution in [1.82, 2.24) is 10.6 Å². The number of rotatable bonds is 4. The molecule has 3 rings (SSSR count). The van der Waals surface area contributed by atoms with Gasteiger partial charge in [0, 0.05) is 12.1 Å². The number of halogens is 1. The number of amides is 1. The number of hydrogen-bond acceptors (Lipinski definition) is 3. The molecule has 4 nitrogen and oxygen atoms in total. The summed E-state index contributed by atoms with van der Waals surface area (Å²) >= 11 is 0. The fraction of sp³-hybridized carbons (Fsp3) is 0.632. The number of ether oxygens (including phenoxy) is 1. The lowest BCUT2D eigenvalue weighted by Crippen LogP contribution is -2.48. The average molecular weight is 353 g/mol. The minimum absolute atomic E-state index is 0. The summed E-state index contributed by atoms with van der Waals surface area (Å²) in [4.78, 5) is 13.1. The molecule has 0 bridgehead atoms. The van der Waals surface area contributed by atoms with Gasteiger partial charge >= 0.3 is 0 Å². The van der Waals surface area contributed by atoms with Crippen LogP contribution in [0.25, 0.3) is 0 Å². The summed E-state index contributed by atoms with van der Waals surface area (Å²) in [5, 5.41) is 6.72. The van der Waals surface area contributed by atoms with Gasteiger partial charge in [-0.2, -0.15) is 0 Å². The number of fused-ring (bicyclic) bond motifs is 1. The van der Waals surface area contributed by atoms with Gasteiger partial charge in [0.25, 0.3) is 0 Å². The Bertz CT molecular complexity index is 593. The number of carbonyl (C=O) groups is 1. The van der Waals surface area contributed by atoms with Crippen molar-refractivity contribution in [2.45, 2.75) is 45.6 Å². The van der Waals surface area contributed by atoms with Crippen molar-refractivity contribution >= 4 is 18.3 Å². The van der Waals surface area contributed by atoms with Crippen molar-refractivity contribution in [2.24, 2.45) is 11.3 Å². The van der Waals surface area contributed by atoms with Crippen molar-refractivity contribution in [3.05, 3.63) is 29.3 Å². The molecule has 2 N–H and O–H groups in total. The molecule has 1 aliphatic carbocycles. The largest absolute Gasteiger partial charge is 0.496 e. The summed E-state index contributed by atoms with van der Waals surface area (Å²) in [5.41, 5.74) is 2.03. The van der Waals surface area contributed by atoms with Gasteiger partial charge in [-0.25, -0.2) is 0 Å². The number of hydrogen-bond donors (Lipinski definition) is 2. The van der Waals surface area contributed by atoms with Gasteiger partial charge in [-0.3, -0.25) is 4.79 Å². The van der Waals surface area contributed by atoms with Crippen molar-refractivity contribution in [3.8, 4) is 5.75 Å².